The van der Waals surface area contributed by atoms with E-state index in [4.69, 9.17) is 11.1 Å². The van der Waals surface area contributed by atoms with Gasteiger partial charge in [0.25, 0.3) is 0 Å². The fourth-order valence-corrected chi connectivity index (χ4v) is 2.51. The van der Waals surface area contributed by atoms with Crippen molar-refractivity contribution in [1.82, 2.24) is 15.0 Å². The fourth-order valence-electron chi connectivity index (χ4n) is 1.71. The van der Waals surface area contributed by atoms with Crippen molar-refractivity contribution in [2.24, 2.45) is 5.73 Å². The SMILES string of the molecule is N=C(N)c1ccnc(Sc2nc3ccccc3[nH]2)c1. The van der Waals surface area contributed by atoms with Crippen molar-refractivity contribution in [2.75, 3.05) is 0 Å². The summed E-state index contributed by atoms with van der Waals surface area (Å²) in [5.41, 5.74) is 8.04. The maximum absolute atomic E-state index is 7.42. The quantitative estimate of drug-likeness (QED) is 0.503. The molecule has 0 bridgehead atoms. The van der Waals surface area contributed by atoms with Crippen LogP contribution in [-0.4, -0.2) is 20.8 Å². The monoisotopic (exact) mass is 269 g/mol. The molecule has 3 aromatic rings. The summed E-state index contributed by atoms with van der Waals surface area (Å²) in [7, 11) is 0. The highest BCUT2D eigenvalue weighted by molar-refractivity contribution is 7.99. The van der Waals surface area contributed by atoms with Crippen LogP contribution in [0.25, 0.3) is 11.0 Å². The highest BCUT2D eigenvalue weighted by atomic mass is 32.2. The first-order chi connectivity index (χ1) is 9.22. The molecule has 94 valence electrons. The summed E-state index contributed by atoms with van der Waals surface area (Å²) in [6, 6.07) is 11.3. The van der Waals surface area contributed by atoms with Crippen molar-refractivity contribution in [3.05, 3.63) is 48.2 Å². The number of nitrogens with two attached hydrogens (primary N) is 1. The zero-order chi connectivity index (χ0) is 13.2. The van der Waals surface area contributed by atoms with Crippen LogP contribution >= 0.6 is 11.8 Å². The molecule has 0 saturated heterocycles. The molecule has 0 atom stereocenters. The number of benzene rings is 1. The number of rotatable bonds is 3. The molecule has 0 amide bonds. The zero-order valence-electron chi connectivity index (χ0n) is 9.92. The Morgan fingerprint density at radius 1 is 1.26 bits per heavy atom. The Kier molecular flexibility index (Phi) is 2.92. The largest absolute Gasteiger partial charge is 0.384 e. The zero-order valence-corrected chi connectivity index (χ0v) is 10.7. The van der Waals surface area contributed by atoms with Crippen LogP contribution in [-0.2, 0) is 0 Å². The number of hydrogen-bond donors (Lipinski definition) is 3. The number of pyridine rings is 1. The number of hydrogen-bond acceptors (Lipinski definition) is 4. The number of imidazole rings is 1. The summed E-state index contributed by atoms with van der Waals surface area (Å²) in [6.07, 6.45) is 1.64. The van der Waals surface area contributed by atoms with Gasteiger partial charge in [0.1, 0.15) is 10.9 Å². The van der Waals surface area contributed by atoms with E-state index in [0.29, 0.717) is 5.56 Å². The van der Waals surface area contributed by atoms with Crippen LogP contribution in [0.1, 0.15) is 5.56 Å². The summed E-state index contributed by atoms with van der Waals surface area (Å²) in [6.45, 7) is 0. The van der Waals surface area contributed by atoms with Crippen LogP contribution in [0.15, 0.2) is 52.8 Å². The minimum atomic E-state index is 0.0360. The van der Waals surface area contributed by atoms with Crippen molar-refractivity contribution in [2.45, 2.75) is 10.2 Å². The number of nitrogens with one attached hydrogen (secondary N) is 2. The van der Waals surface area contributed by atoms with E-state index in [1.54, 1.807) is 18.3 Å². The highest BCUT2D eigenvalue weighted by Gasteiger charge is 2.06. The molecule has 19 heavy (non-hydrogen) atoms. The number of aromatic amines is 1. The molecule has 0 fully saturated rings. The van der Waals surface area contributed by atoms with E-state index in [2.05, 4.69) is 15.0 Å². The van der Waals surface area contributed by atoms with Gasteiger partial charge < -0.3 is 10.7 Å². The van der Waals surface area contributed by atoms with Gasteiger partial charge in [-0.2, -0.15) is 0 Å². The van der Waals surface area contributed by atoms with Crippen molar-refractivity contribution in [3.8, 4) is 0 Å². The van der Waals surface area contributed by atoms with Crippen LogP contribution in [0.5, 0.6) is 0 Å². The van der Waals surface area contributed by atoms with Gasteiger partial charge in [-0.05, 0) is 36.0 Å². The molecule has 0 spiro atoms. The summed E-state index contributed by atoms with van der Waals surface area (Å²) < 4.78 is 0. The van der Waals surface area contributed by atoms with Crippen LogP contribution in [0.3, 0.4) is 0 Å². The number of para-hydroxylation sites is 2. The Labute approximate surface area is 113 Å². The number of nitrogens with zero attached hydrogens (tertiary/aromatic N) is 2. The van der Waals surface area contributed by atoms with Crippen molar-refractivity contribution >= 4 is 28.6 Å². The smallest absolute Gasteiger partial charge is 0.172 e. The van der Waals surface area contributed by atoms with E-state index in [-0.39, 0.29) is 5.84 Å². The Balaban J connectivity index is 1.92. The van der Waals surface area contributed by atoms with Gasteiger partial charge in [0.2, 0.25) is 0 Å². The van der Waals surface area contributed by atoms with Gasteiger partial charge in [-0.25, -0.2) is 9.97 Å². The first-order valence-electron chi connectivity index (χ1n) is 5.65. The molecule has 4 N–H and O–H groups in total. The molecule has 0 aliphatic rings. The minimum Gasteiger partial charge on any atom is -0.384 e. The summed E-state index contributed by atoms with van der Waals surface area (Å²) in [5, 5.41) is 8.95. The number of amidine groups is 1. The lowest BCUT2D eigenvalue weighted by molar-refractivity contribution is 1.05. The molecule has 2 aromatic heterocycles. The minimum absolute atomic E-state index is 0.0360. The van der Waals surface area contributed by atoms with Crippen LogP contribution < -0.4 is 5.73 Å². The molecule has 0 radical (unpaired) electrons. The molecule has 0 aliphatic heterocycles. The van der Waals surface area contributed by atoms with Crippen LogP contribution in [0, 0.1) is 5.41 Å². The van der Waals surface area contributed by atoms with E-state index < -0.39 is 0 Å². The van der Waals surface area contributed by atoms with E-state index in [1.165, 1.54) is 11.8 Å². The Morgan fingerprint density at radius 3 is 2.89 bits per heavy atom. The number of fused-ring (bicyclic) bond motifs is 1. The predicted molar refractivity (Wildman–Crippen MR) is 75.5 cm³/mol. The lowest BCUT2D eigenvalue weighted by Gasteiger charge is -2.00. The van der Waals surface area contributed by atoms with Crippen molar-refractivity contribution < 1.29 is 0 Å². The summed E-state index contributed by atoms with van der Waals surface area (Å²) >= 11 is 1.41. The maximum atomic E-state index is 7.42. The van der Waals surface area contributed by atoms with Gasteiger partial charge in [-0.3, -0.25) is 5.41 Å². The molecular weight excluding hydrogens is 258 g/mol. The van der Waals surface area contributed by atoms with Gasteiger partial charge >= 0.3 is 0 Å². The first kappa shape index (κ1) is 11.7. The van der Waals surface area contributed by atoms with Crippen molar-refractivity contribution in [3.63, 3.8) is 0 Å². The predicted octanol–water partition coefficient (Wildman–Crippen LogP) is 2.39. The van der Waals surface area contributed by atoms with E-state index in [1.807, 2.05) is 24.3 Å². The third-order valence-electron chi connectivity index (χ3n) is 2.61. The van der Waals surface area contributed by atoms with Gasteiger partial charge in [-0.1, -0.05) is 12.1 Å². The van der Waals surface area contributed by atoms with Crippen LogP contribution in [0.4, 0.5) is 0 Å². The molecule has 1 aromatic carbocycles. The molecule has 0 unspecified atom stereocenters. The fraction of sp³-hybridized carbons (Fsp3) is 0. The van der Waals surface area contributed by atoms with E-state index >= 15 is 0 Å². The van der Waals surface area contributed by atoms with Gasteiger partial charge in [-0.15, -0.1) is 0 Å². The lowest BCUT2D eigenvalue weighted by atomic mass is 10.2. The summed E-state index contributed by atoms with van der Waals surface area (Å²) in [5.74, 6) is 0.0360. The topological polar surface area (TPSA) is 91.4 Å². The van der Waals surface area contributed by atoms with E-state index in [0.717, 1.165) is 21.2 Å². The maximum Gasteiger partial charge on any atom is 0.172 e. The standard InChI is InChI=1S/C13H11N5S/c14-12(15)8-5-6-16-11(7-8)19-13-17-9-3-1-2-4-10(9)18-13/h1-7H,(H3,14,15)(H,17,18). The third kappa shape index (κ3) is 2.43. The van der Waals surface area contributed by atoms with Crippen molar-refractivity contribution in [1.29, 1.82) is 5.41 Å². The second-order valence-electron chi connectivity index (χ2n) is 3.96. The Hall–Kier alpha value is -2.34. The second kappa shape index (κ2) is 4.74. The molecule has 5 nitrogen and oxygen atoms in total. The molecule has 0 aliphatic carbocycles. The average molecular weight is 269 g/mol. The van der Waals surface area contributed by atoms with E-state index in [9.17, 15) is 0 Å². The van der Waals surface area contributed by atoms with Crippen LogP contribution in [0.2, 0.25) is 0 Å². The summed E-state index contributed by atoms with van der Waals surface area (Å²) in [4.78, 5) is 11.9. The molecule has 3 rings (SSSR count). The Bertz CT molecular complexity index is 716. The number of nitrogen functional groups attached to an aromatic ring is 1. The highest BCUT2D eigenvalue weighted by Crippen LogP contribution is 2.25. The first-order valence-corrected chi connectivity index (χ1v) is 6.47. The molecule has 2 heterocycles. The molecule has 0 saturated carbocycles. The third-order valence-corrected chi connectivity index (χ3v) is 3.43. The normalized spacial score (nSPS) is 10.7. The molecule has 6 heteroatoms. The second-order valence-corrected chi connectivity index (χ2v) is 4.97. The Morgan fingerprint density at radius 2 is 2.11 bits per heavy atom. The van der Waals surface area contributed by atoms with Gasteiger partial charge in [0, 0.05) is 11.8 Å². The number of aromatic nitrogens is 3. The number of H-pyrrole nitrogens is 1. The molecular formula is C13H11N5S. The lowest BCUT2D eigenvalue weighted by Crippen LogP contribution is -2.10. The average Bonchev–Trinajstić information content (AvgIpc) is 2.81. The van der Waals surface area contributed by atoms with Gasteiger partial charge in [0.15, 0.2) is 5.16 Å². The van der Waals surface area contributed by atoms with Gasteiger partial charge in [0.05, 0.1) is 11.0 Å².